The third kappa shape index (κ3) is 15.7. The van der Waals surface area contributed by atoms with E-state index in [1.54, 1.807) is 7.11 Å². The van der Waals surface area contributed by atoms with Crippen LogP contribution in [0.2, 0.25) is 0 Å². The molecule has 0 heterocycles. The Labute approximate surface area is 99.9 Å². The van der Waals surface area contributed by atoms with E-state index in [-0.39, 0.29) is 13.2 Å². The van der Waals surface area contributed by atoms with Crippen molar-refractivity contribution < 1.29 is 32.5 Å². The van der Waals surface area contributed by atoms with E-state index in [4.69, 9.17) is 18.9 Å². The summed E-state index contributed by atoms with van der Waals surface area (Å²) in [4.78, 5) is 0. The van der Waals surface area contributed by atoms with Crippen LogP contribution in [0.1, 0.15) is 0 Å². The van der Waals surface area contributed by atoms with Gasteiger partial charge in [0.15, 0.2) is 0 Å². The number of hydrogen-bond donors (Lipinski definition) is 0. The molecule has 104 valence electrons. The molecule has 0 fully saturated rings. The summed E-state index contributed by atoms with van der Waals surface area (Å²) >= 11 is 0. The SMILES string of the molecule is COCCOCCOCCOCCOC(F)F. The van der Waals surface area contributed by atoms with Crippen molar-refractivity contribution in [3.8, 4) is 0 Å². The highest BCUT2D eigenvalue weighted by Gasteiger charge is 1.99. The normalized spacial score (nSPS) is 11.3. The Bertz CT molecular complexity index is 149. The molecule has 0 atom stereocenters. The van der Waals surface area contributed by atoms with Crippen LogP contribution in [0.3, 0.4) is 0 Å². The van der Waals surface area contributed by atoms with Crippen molar-refractivity contribution in [2.75, 3.05) is 60.0 Å². The molecule has 0 aliphatic rings. The molecule has 0 aliphatic carbocycles. The van der Waals surface area contributed by atoms with Gasteiger partial charge in [-0.25, -0.2) is 0 Å². The first-order valence-corrected chi connectivity index (χ1v) is 5.39. The van der Waals surface area contributed by atoms with Gasteiger partial charge in [0.2, 0.25) is 0 Å². The zero-order valence-corrected chi connectivity index (χ0v) is 10.0. The van der Waals surface area contributed by atoms with Crippen LogP contribution in [0.25, 0.3) is 0 Å². The van der Waals surface area contributed by atoms with Gasteiger partial charge in [-0.15, -0.1) is 0 Å². The van der Waals surface area contributed by atoms with Gasteiger partial charge in [-0.3, -0.25) is 0 Å². The van der Waals surface area contributed by atoms with Crippen LogP contribution in [0.5, 0.6) is 0 Å². The summed E-state index contributed by atoms with van der Waals surface area (Å²) in [7, 11) is 1.61. The summed E-state index contributed by atoms with van der Waals surface area (Å²) in [5.74, 6) is 0. The lowest BCUT2D eigenvalue weighted by Crippen LogP contribution is -2.13. The van der Waals surface area contributed by atoms with Crippen LogP contribution < -0.4 is 0 Å². The summed E-state index contributed by atoms with van der Waals surface area (Å²) in [6.45, 7) is 0.120. The number of rotatable bonds is 13. The first-order chi connectivity index (χ1) is 8.27. The molecule has 0 aromatic heterocycles. The van der Waals surface area contributed by atoms with Crippen LogP contribution in [0.15, 0.2) is 0 Å². The van der Waals surface area contributed by atoms with Gasteiger partial charge in [-0.2, -0.15) is 8.78 Å². The predicted molar refractivity (Wildman–Crippen MR) is 56.3 cm³/mol. The molecule has 0 radical (unpaired) electrons. The Morgan fingerprint density at radius 3 is 1.53 bits per heavy atom. The molecule has 0 N–H and O–H groups in total. The Hall–Kier alpha value is -0.340. The molecular weight excluding hydrogens is 238 g/mol. The molecular formula is C10H20F2O5. The fraction of sp³-hybridized carbons (Fsp3) is 1.00. The lowest BCUT2D eigenvalue weighted by Gasteiger charge is -2.06. The van der Waals surface area contributed by atoms with Crippen molar-refractivity contribution in [3.05, 3.63) is 0 Å². The molecule has 0 rings (SSSR count). The molecule has 0 unspecified atom stereocenters. The molecule has 7 heteroatoms. The summed E-state index contributed by atoms with van der Waals surface area (Å²) < 4.78 is 47.1. The summed E-state index contributed by atoms with van der Waals surface area (Å²) in [6, 6.07) is 0. The summed E-state index contributed by atoms with van der Waals surface area (Å²) in [5, 5.41) is 0. The van der Waals surface area contributed by atoms with Crippen molar-refractivity contribution in [1.82, 2.24) is 0 Å². The third-order valence-corrected chi connectivity index (χ3v) is 1.65. The van der Waals surface area contributed by atoms with Crippen molar-refractivity contribution >= 4 is 0 Å². The minimum absolute atomic E-state index is 0.113. The second-order valence-electron chi connectivity index (χ2n) is 2.96. The topological polar surface area (TPSA) is 46.2 Å². The second kappa shape index (κ2) is 13.7. The Balaban J connectivity index is 2.89. The molecule has 17 heavy (non-hydrogen) atoms. The standard InChI is InChI=1S/C10H20F2O5/c1-13-2-3-14-4-5-15-6-7-16-8-9-17-10(11)12/h10H,2-9H2,1H3. The van der Waals surface area contributed by atoms with E-state index in [0.717, 1.165) is 0 Å². The Morgan fingerprint density at radius 2 is 1.12 bits per heavy atom. The smallest absolute Gasteiger partial charge is 0.345 e. The van der Waals surface area contributed by atoms with Crippen molar-refractivity contribution in [2.45, 2.75) is 6.61 Å². The van der Waals surface area contributed by atoms with Gasteiger partial charge in [0, 0.05) is 7.11 Å². The first kappa shape index (κ1) is 16.7. The third-order valence-electron chi connectivity index (χ3n) is 1.65. The molecule has 0 aromatic rings. The lowest BCUT2D eigenvalue weighted by atomic mass is 10.7. The van der Waals surface area contributed by atoms with Crippen LogP contribution in [-0.4, -0.2) is 66.6 Å². The van der Waals surface area contributed by atoms with Crippen LogP contribution in [-0.2, 0) is 23.7 Å². The highest BCUT2D eigenvalue weighted by atomic mass is 19.3. The Morgan fingerprint density at radius 1 is 0.706 bits per heavy atom. The van der Waals surface area contributed by atoms with E-state index in [1.807, 2.05) is 0 Å². The minimum atomic E-state index is -2.74. The van der Waals surface area contributed by atoms with Crippen molar-refractivity contribution in [2.24, 2.45) is 0 Å². The fourth-order valence-electron chi connectivity index (χ4n) is 0.880. The second-order valence-corrected chi connectivity index (χ2v) is 2.96. The largest absolute Gasteiger partial charge is 0.382 e. The fourth-order valence-corrected chi connectivity index (χ4v) is 0.880. The maximum atomic E-state index is 11.5. The van der Waals surface area contributed by atoms with E-state index in [2.05, 4.69) is 4.74 Å². The zero-order valence-electron chi connectivity index (χ0n) is 10.0. The van der Waals surface area contributed by atoms with Gasteiger partial charge in [-0.05, 0) is 0 Å². The zero-order chi connectivity index (χ0) is 12.8. The minimum Gasteiger partial charge on any atom is -0.382 e. The van der Waals surface area contributed by atoms with Crippen LogP contribution in [0.4, 0.5) is 8.78 Å². The van der Waals surface area contributed by atoms with E-state index < -0.39 is 6.61 Å². The highest BCUT2D eigenvalue weighted by Crippen LogP contribution is 1.93. The van der Waals surface area contributed by atoms with Gasteiger partial charge >= 0.3 is 6.61 Å². The van der Waals surface area contributed by atoms with Gasteiger partial charge in [0.1, 0.15) is 0 Å². The van der Waals surface area contributed by atoms with E-state index >= 15 is 0 Å². The van der Waals surface area contributed by atoms with E-state index in [1.165, 1.54) is 0 Å². The van der Waals surface area contributed by atoms with Gasteiger partial charge in [-0.1, -0.05) is 0 Å². The van der Waals surface area contributed by atoms with Crippen molar-refractivity contribution in [3.63, 3.8) is 0 Å². The molecule has 0 aromatic carbocycles. The number of methoxy groups -OCH3 is 1. The number of alkyl halides is 2. The summed E-state index contributed by atoms with van der Waals surface area (Å²) in [6.07, 6.45) is 0. The van der Waals surface area contributed by atoms with Gasteiger partial charge in [0.05, 0.1) is 52.9 Å². The number of halogens is 2. The maximum absolute atomic E-state index is 11.5. The van der Waals surface area contributed by atoms with Crippen LogP contribution in [0, 0.1) is 0 Å². The quantitative estimate of drug-likeness (QED) is 0.460. The predicted octanol–water partition coefficient (Wildman–Crippen LogP) is 0.922. The average molecular weight is 258 g/mol. The summed E-state index contributed by atoms with van der Waals surface area (Å²) in [5.41, 5.74) is 0. The van der Waals surface area contributed by atoms with Gasteiger partial charge < -0.3 is 23.7 Å². The average Bonchev–Trinajstić information content (AvgIpc) is 2.30. The molecule has 0 saturated carbocycles. The molecule has 0 spiro atoms. The molecule has 0 saturated heterocycles. The van der Waals surface area contributed by atoms with Gasteiger partial charge in [0.25, 0.3) is 0 Å². The highest BCUT2D eigenvalue weighted by molar-refractivity contribution is 4.34. The molecule has 0 aliphatic heterocycles. The molecule has 0 bridgehead atoms. The maximum Gasteiger partial charge on any atom is 0.345 e. The van der Waals surface area contributed by atoms with E-state index in [9.17, 15) is 8.78 Å². The Kier molecular flexibility index (Phi) is 13.4. The van der Waals surface area contributed by atoms with Crippen LogP contribution >= 0.6 is 0 Å². The lowest BCUT2D eigenvalue weighted by molar-refractivity contribution is -0.140. The van der Waals surface area contributed by atoms with Crippen molar-refractivity contribution in [1.29, 1.82) is 0 Å². The molecule has 0 amide bonds. The number of hydrogen-bond acceptors (Lipinski definition) is 5. The monoisotopic (exact) mass is 258 g/mol. The number of ether oxygens (including phenoxy) is 5. The first-order valence-electron chi connectivity index (χ1n) is 5.39. The molecule has 5 nitrogen and oxygen atoms in total. The van der Waals surface area contributed by atoms with E-state index in [0.29, 0.717) is 39.6 Å².